The first-order valence-electron chi connectivity index (χ1n) is 8.49. The molecule has 0 saturated heterocycles. The molecule has 138 valence electrons. The van der Waals surface area contributed by atoms with Crippen LogP contribution in [0.15, 0.2) is 42.5 Å². The molecule has 6 nitrogen and oxygen atoms in total. The van der Waals surface area contributed by atoms with Crippen molar-refractivity contribution in [1.82, 2.24) is 10.9 Å². The summed E-state index contributed by atoms with van der Waals surface area (Å²) in [6, 6.07) is 12.1. The molecular formula is C20H24N2O4. The van der Waals surface area contributed by atoms with Crippen molar-refractivity contribution in [2.45, 2.75) is 33.3 Å². The normalized spacial score (nSPS) is 10.3. The molecule has 0 atom stereocenters. The van der Waals surface area contributed by atoms with E-state index in [9.17, 15) is 9.59 Å². The SMILES string of the molecule is CCc1ccc(C(=O)NNC(=O)c2ccc(OC(C)C)c(OC)c2)cc1. The highest BCUT2D eigenvalue weighted by Gasteiger charge is 2.13. The Kier molecular flexibility index (Phi) is 6.60. The lowest BCUT2D eigenvalue weighted by molar-refractivity contribution is 0.0846. The van der Waals surface area contributed by atoms with Gasteiger partial charge >= 0.3 is 0 Å². The number of amides is 2. The maximum Gasteiger partial charge on any atom is 0.269 e. The third-order valence-electron chi connectivity index (χ3n) is 3.70. The van der Waals surface area contributed by atoms with Gasteiger partial charge in [-0.2, -0.15) is 0 Å². The monoisotopic (exact) mass is 356 g/mol. The van der Waals surface area contributed by atoms with Crippen LogP contribution < -0.4 is 20.3 Å². The van der Waals surface area contributed by atoms with Crippen LogP contribution in [0.5, 0.6) is 11.5 Å². The van der Waals surface area contributed by atoms with Gasteiger partial charge in [0, 0.05) is 11.1 Å². The Morgan fingerprint density at radius 1 is 0.923 bits per heavy atom. The molecule has 0 unspecified atom stereocenters. The highest BCUT2D eigenvalue weighted by Crippen LogP contribution is 2.28. The Balaban J connectivity index is 2.01. The lowest BCUT2D eigenvalue weighted by atomic mass is 10.1. The minimum atomic E-state index is -0.446. The number of ether oxygens (including phenoxy) is 2. The third kappa shape index (κ3) is 4.99. The first-order valence-corrected chi connectivity index (χ1v) is 8.49. The Morgan fingerprint density at radius 3 is 2.04 bits per heavy atom. The Bertz CT molecular complexity index is 770. The highest BCUT2D eigenvalue weighted by atomic mass is 16.5. The van der Waals surface area contributed by atoms with Crippen LogP contribution in [0.2, 0.25) is 0 Å². The van der Waals surface area contributed by atoms with E-state index in [4.69, 9.17) is 9.47 Å². The fourth-order valence-electron chi connectivity index (χ4n) is 2.31. The van der Waals surface area contributed by atoms with E-state index < -0.39 is 5.91 Å². The molecule has 0 aliphatic rings. The van der Waals surface area contributed by atoms with Gasteiger partial charge < -0.3 is 9.47 Å². The van der Waals surface area contributed by atoms with E-state index in [2.05, 4.69) is 10.9 Å². The van der Waals surface area contributed by atoms with Crippen molar-refractivity contribution in [3.8, 4) is 11.5 Å². The number of carbonyl (C=O) groups excluding carboxylic acids is 2. The molecular weight excluding hydrogens is 332 g/mol. The second-order valence-electron chi connectivity index (χ2n) is 5.99. The first-order chi connectivity index (χ1) is 12.4. The second-order valence-corrected chi connectivity index (χ2v) is 5.99. The average Bonchev–Trinajstić information content (AvgIpc) is 2.65. The Morgan fingerprint density at radius 2 is 1.50 bits per heavy atom. The smallest absolute Gasteiger partial charge is 0.269 e. The molecule has 2 aromatic rings. The first kappa shape index (κ1) is 19.3. The molecule has 0 aliphatic heterocycles. The minimum Gasteiger partial charge on any atom is -0.493 e. The van der Waals surface area contributed by atoms with Crippen LogP contribution in [0.3, 0.4) is 0 Å². The van der Waals surface area contributed by atoms with Crippen molar-refractivity contribution in [3.63, 3.8) is 0 Å². The summed E-state index contributed by atoms with van der Waals surface area (Å²) >= 11 is 0. The van der Waals surface area contributed by atoms with Crippen LogP contribution in [-0.2, 0) is 6.42 Å². The second kappa shape index (κ2) is 8.89. The van der Waals surface area contributed by atoms with Crippen LogP contribution >= 0.6 is 0 Å². The molecule has 2 amide bonds. The van der Waals surface area contributed by atoms with Crippen LogP contribution in [0, 0.1) is 0 Å². The molecule has 0 aliphatic carbocycles. The number of methoxy groups -OCH3 is 1. The van der Waals surface area contributed by atoms with E-state index in [1.54, 1.807) is 30.3 Å². The summed E-state index contributed by atoms with van der Waals surface area (Å²) in [7, 11) is 1.51. The predicted octanol–water partition coefficient (Wildman–Crippen LogP) is 3.12. The van der Waals surface area contributed by atoms with Crippen molar-refractivity contribution in [2.24, 2.45) is 0 Å². The summed E-state index contributed by atoms with van der Waals surface area (Å²) in [6.07, 6.45) is 0.888. The zero-order chi connectivity index (χ0) is 19.1. The van der Waals surface area contributed by atoms with Crippen LogP contribution in [0.4, 0.5) is 0 Å². The summed E-state index contributed by atoms with van der Waals surface area (Å²) in [5, 5.41) is 0. The zero-order valence-electron chi connectivity index (χ0n) is 15.5. The van der Waals surface area contributed by atoms with E-state index in [0.29, 0.717) is 22.6 Å². The highest BCUT2D eigenvalue weighted by molar-refractivity contribution is 5.99. The summed E-state index contributed by atoms with van der Waals surface area (Å²) in [5.74, 6) is 0.178. The van der Waals surface area contributed by atoms with E-state index in [0.717, 1.165) is 12.0 Å². The van der Waals surface area contributed by atoms with Crippen LogP contribution in [-0.4, -0.2) is 25.0 Å². The van der Waals surface area contributed by atoms with Crippen LogP contribution in [0.25, 0.3) is 0 Å². The van der Waals surface area contributed by atoms with Crippen LogP contribution in [0.1, 0.15) is 47.1 Å². The molecule has 0 radical (unpaired) electrons. The zero-order valence-corrected chi connectivity index (χ0v) is 15.5. The fraction of sp³-hybridized carbons (Fsp3) is 0.300. The van der Waals surface area contributed by atoms with E-state index in [1.807, 2.05) is 32.9 Å². The number of hydrazine groups is 1. The van der Waals surface area contributed by atoms with Gasteiger partial charge in [0.1, 0.15) is 0 Å². The number of hydrogen-bond acceptors (Lipinski definition) is 4. The largest absolute Gasteiger partial charge is 0.493 e. The average molecular weight is 356 g/mol. The molecule has 2 aromatic carbocycles. The quantitative estimate of drug-likeness (QED) is 0.780. The molecule has 0 spiro atoms. The molecule has 0 heterocycles. The van der Waals surface area contributed by atoms with E-state index >= 15 is 0 Å². The third-order valence-corrected chi connectivity index (χ3v) is 3.70. The molecule has 0 bridgehead atoms. The Hall–Kier alpha value is -3.02. The Labute approximate surface area is 153 Å². The summed E-state index contributed by atoms with van der Waals surface area (Å²) in [4.78, 5) is 24.4. The molecule has 0 fully saturated rings. The van der Waals surface area contributed by atoms with Gasteiger partial charge in [0.05, 0.1) is 13.2 Å². The molecule has 2 rings (SSSR count). The van der Waals surface area contributed by atoms with Gasteiger partial charge in [-0.15, -0.1) is 0 Å². The van der Waals surface area contributed by atoms with E-state index in [-0.39, 0.29) is 12.0 Å². The number of benzene rings is 2. The van der Waals surface area contributed by atoms with Gasteiger partial charge in [-0.1, -0.05) is 19.1 Å². The lowest BCUT2D eigenvalue weighted by Crippen LogP contribution is -2.41. The van der Waals surface area contributed by atoms with Crippen molar-refractivity contribution >= 4 is 11.8 Å². The number of hydrogen-bond donors (Lipinski definition) is 2. The number of nitrogens with one attached hydrogen (secondary N) is 2. The maximum absolute atomic E-state index is 12.3. The van der Waals surface area contributed by atoms with E-state index in [1.165, 1.54) is 7.11 Å². The van der Waals surface area contributed by atoms with Gasteiger partial charge in [-0.25, -0.2) is 0 Å². The predicted molar refractivity (Wildman–Crippen MR) is 99.5 cm³/mol. The molecule has 26 heavy (non-hydrogen) atoms. The molecule has 6 heteroatoms. The summed E-state index contributed by atoms with van der Waals surface area (Å²) < 4.78 is 10.9. The molecule has 2 N–H and O–H groups in total. The van der Waals surface area contributed by atoms with Gasteiger partial charge in [-0.3, -0.25) is 20.4 Å². The number of rotatable bonds is 6. The standard InChI is InChI=1S/C20H24N2O4/c1-5-14-6-8-15(9-7-14)19(23)21-22-20(24)16-10-11-17(26-13(2)3)18(12-16)25-4/h6-13H,5H2,1-4H3,(H,21,23)(H,22,24). The summed E-state index contributed by atoms with van der Waals surface area (Å²) in [5.41, 5.74) is 6.77. The van der Waals surface area contributed by atoms with Crippen molar-refractivity contribution in [1.29, 1.82) is 0 Å². The lowest BCUT2D eigenvalue weighted by Gasteiger charge is -2.14. The van der Waals surface area contributed by atoms with Gasteiger partial charge in [0.15, 0.2) is 11.5 Å². The fourth-order valence-corrected chi connectivity index (χ4v) is 2.31. The number of carbonyl (C=O) groups is 2. The molecule has 0 saturated carbocycles. The topological polar surface area (TPSA) is 76.7 Å². The minimum absolute atomic E-state index is 0.0121. The molecule has 0 aromatic heterocycles. The van der Waals surface area contributed by atoms with Gasteiger partial charge in [-0.05, 0) is 56.2 Å². The number of aryl methyl sites for hydroxylation is 1. The van der Waals surface area contributed by atoms with Gasteiger partial charge in [0.25, 0.3) is 11.8 Å². The maximum atomic E-state index is 12.3. The van der Waals surface area contributed by atoms with Crippen molar-refractivity contribution in [2.75, 3.05) is 7.11 Å². The van der Waals surface area contributed by atoms with Crippen molar-refractivity contribution in [3.05, 3.63) is 59.2 Å². The van der Waals surface area contributed by atoms with Crippen molar-refractivity contribution < 1.29 is 19.1 Å². The van der Waals surface area contributed by atoms with Gasteiger partial charge in [0.2, 0.25) is 0 Å². The summed E-state index contributed by atoms with van der Waals surface area (Å²) in [6.45, 7) is 5.85.